The zero-order chi connectivity index (χ0) is 20.8. The number of guanidine groups is 1. The van der Waals surface area contributed by atoms with Crippen molar-refractivity contribution in [2.75, 3.05) is 32.1 Å². The van der Waals surface area contributed by atoms with Crippen LogP contribution in [0.4, 0.5) is 5.69 Å². The predicted molar refractivity (Wildman–Crippen MR) is 140 cm³/mol. The molecular weight excluding hydrogens is 521 g/mol. The van der Waals surface area contributed by atoms with Gasteiger partial charge in [-0.2, -0.15) is 0 Å². The van der Waals surface area contributed by atoms with Gasteiger partial charge in [0.05, 0.1) is 25.0 Å². The van der Waals surface area contributed by atoms with E-state index >= 15 is 0 Å². The van der Waals surface area contributed by atoms with Crippen LogP contribution < -0.4 is 20.3 Å². The Balaban J connectivity index is 0.00000272. The second-order valence-corrected chi connectivity index (χ2v) is 8.11. The van der Waals surface area contributed by atoms with E-state index in [1.54, 1.807) is 25.5 Å². The van der Waals surface area contributed by atoms with Crippen LogP contribution in [-0.2, 0) is 6.54 Å². The Morgan fingerprint density at radius 1 is 1.19 bits per heavy atom. The van der Waals surface area contributed by atoms with Gasteiger partial charge in [-0.3, -0.25) is 4.99 Å². The molecule has 8 heteroatoms. The Labute approximate surface area is 204 Å². The monoisotopic (exact) mass is 549 g/mol. The van der Waals surface area contributed by atoms with Gasteiger partial charge in [0.15, 0.2) is 5.96 Å². The van der Waals surface area contributed by atoms with Crippen LogP contribution in [0.15, 0.2) is 65.0 Å². The number of ether oxygens (including phenoxy) is 1. The molecule has 1 saturated heterocycles. The number of rotatable bonds is 6. The van der Waals surface area contributed by atoms with Crippen LogP contribution in [0.2, 0.25) is 0 Å². The minimum Gasteiger partial charge on any atom is -0.495 e. The van der Waals surface area contributed by atoms with Crippen LogP contribution in [-0.4, -0.2) is 44.2 Å². The van der Waals surface area contributed by atoms with Gasteiger partial charge in [-0.1, -0.05) is 42.5 Å². The minimum absolute atomic E-state index is 0. The van der Waals surface area contributed by atoms with Gasteiger partial charge in [-0.15, -0.1) is 35.3 Å². The Morgan fingerprint density at radius 2 is 1.97 bits per heavy atom. The molecule has 0 saturated carbocycles. The number of para-hydroxylation sites is 2. The molecule has 0 radical (unpaired) electrons. The van der Waals surface area contributed by atoms with Gasteiger partial charge in [0, 0.05) is 37.1 Å². The van der Waals surface area contributed by atoms with E-state index in [1.807, 2.05) is 30.3 Å². The predicted octanol–water partition coefficient (Wildman–Crippen LogP) is 4.38. The van der Waals surface area contributed by atoms with Gasteiger partial charge in [0.2, 0.25) is 0 Å². The van der Waals surface area contributed by atoms with Crippen LogP contribution in [0.25, 0.3) is 11.3 Å². The van der Waals surface area contributed by atoms with Gasteiger partial charge in [0.25, 0.3) is 0 Å². The lowest BCUT2D eigenvalue weighted by molar-refractivity contribution is 0.415. The average Bonchev–Trinajstić information content (AvgIpc) is 3.47. The van der Waals surface area contributed by atoms with Crippen molar-refractivity contribution in [1.29, 1.82) is 0 Å². The van der Waals surface area contributed by atoms with Crippen molar-refractivity contribution in [2.45, 2.75) is 19.0 Å². The molecule has 1 aliphatic rings. The van der Waals surface area contributed by atoms with E-state index in [9.17, 15) is 0 Å². The van der Waals surface area contributed by atoms with E-state index in [0.717, 1.165) is 53.2 Å². The van der Waals surface area contributed by atoms with E-state index < -0.39 is 0 Å². The summed E-state index contributed by atoms with van der Waals surface area (Å²) in [7, 11) is 3.53. The number of aliphatic imine (C=N–C) groups is 1. The number of hydrogen-bond acceptors (Lipinski definition) is 5. The Morgan fingerprint density at radius 3 is 2.74 bits per heavy atom. The second kappa shape index (κ2) is 11.3. The van der Waals surface area contributed by atoms with Gasteiger partial charge >= 0.3 is 0 Å². The summed E-state index contributed by atoms with van der Waals surface area (Å²) in [5.41, 5.74) is 3.30. The number of methoxy groups -OCH3 is 1. The Bertz CT molecular complexity index is 994. The first-order valence-corrected chi connectivity index (χ1v) is 11.0. The summed E-state index contributed by atoms with van der Waals surface area (Å²) < 4.78 is 5.51. The van der Waals surface area contributed by atoms with Crippen molar-refractivity contribution >= 4 is 47.0 Å². The van der Waals surface area contributed by atoms with E-state index in [-0.39, 0.29) is 24.0 Å². The standard InChI is InChI=1S/C23H27N5OS.HI/c1-24-23(25-14-22-27-19(16-30-22)17-8-4-3-5-9-17)26-18-12-13-28(15-18)20-10-6-7-11-21(20)29-2;/h3-11,16,18H,12-15H2,1-2H3,(H2,24,25,26);1H. The van der Waals surface area contributed by atoms with Crippen molar-refractivity contribution in [2.24, 2.45) is 4.99 Å². The molecule has 1 aliphatic heterocycles. The fourth-order valence-electron chi connectivity index (χ4n) is 3.67. The van der Waals surface area contributed by atoms with Crippen LogP contribution in [0.3, 0.4) is 0 Å². The summed E-state index contributed by atoms with van der Waals surface area (Å²) in [5.74, 6) is 1.72. The molecule has 0 bridgehead atoms. The second-order valence-electron chi connectivity index (χ2n) is 7.17. The number of halogens is 1. The first kappa shape index (κ1) is 23.3. The molecule has 0 amide bonds. The Hall–Kier alpha value is -2.33. The van der Waals surface area contributed by atoms with Gasteiger partial charge < -0.3 is 20.3 Å². The maximum Gasteiger partial charge on any atom is 0.191 e. The molecule has 1 unspecified atom stereocenters. The highest BCUT2D eigenvalue weighted by molar-refractivity contribution is 14.0. The van der Waals surface area contributed by atoms with Gasteiger partial charge in [0.1, 0.15) is 10.8 Å². The van der Waals surface area contributed by atoms with Crippen molar-refractivity contribution < 1.29 is 4.74 Å². The molecule has 4 rings (SSSR count). The lowest BCUT2D eigenvalue weighted by Crippen LogP contribution is -2.44. The molecule has 2 N–H and O–H groups in total. The molecule has 31 heavy (non-hydrogen) atoms. The third-order valence-electron chi connectivity index (χ3n) is 5.21. The molecule has 3 aromatic rings. The summed E-state index contributed by atoms with van der Waals surface area (Å²) >= 11 is 1.66. The van der Waals surface area contributed by atoms with Crippen LogP contribution in [0, 0.1) is 0 Å². The molecule has 1 atom stereocenters. The lowest BCUT2D eigenvalue weighted by atomic mass is 10.2. The van der Waals surface area contributed by atoms with Crippen molar-refractivity contribution in [1.82, 2.24) is 15.6 Å². The summed E-state index contributed by atoms with van der Waals surface area (Å²) in [5, 5.41) is 10.1. The molecule has 1 fully saturated rings. The molecule has 0 aliphatic carbocycles. The van der Waals surface area contributed by atoms with Crippen LogP contribution in [0.5, 0.6) is 5.75 Å². The summed E-state index contributed by atoms with van der Waals surface area (Å²) in [6.45, 7) is 2.55. The quantitative estimate of drug-likeness (QED) is 0.272. The number of thiazole rings is 1. The normalized spacial score (nSPS) is 16.0. The number of anilines is 1. The molecule has 2 aromatic carbocycles. The van der Waals surface area contributed by atoms with Crippen molar-refractivity contribution in [3.63, 3.8) is 0 Å². The fraction of sp³-hybridized carbons (Fsp3) is 0.304. The molecule has 2 heterocycles. The average molecular weight is 549 g/mol. The molecular formula is C23H28IN5OS. The number of hydrogen-bond donors (Lipinski definition) is 2. The first-order chi connectivity index (χ1) is 14.8. The van der Waals surface area contributed by atoms with Crippen LogP contribution >= 0.6 is 35.3 Å². The smallest absolute Gasteiger partial charge is 0.191 e. The third kappa shape index (κ3) is 5.88. The molecule has 1 aromatic heterocycles. The third-order valence-corrected chi connectivity index (χ3v) is 6.06. The zero-order valence-electron chi connectivity index (χ0n) is 17.7. The number of nitrogens with one attached hydrogen (secondary N) is 2. The first-order valence-electron chi connectivity index (χ1n) is 10.1. The highest BCUT2D eigenvalue weighted by Crippen LogP contribution is 2.30. The maximum absolute atomic E-state index is 5.51. The topological polar surface area (TPSA) is 61.8 Å². The maximum atomic E-state index is 5.51. The Kier molecular flexibility index (Phi) is 8.53. The van der Waals surface area contributed by atoms with Crippen molar-refractivity contribution in [3.05, 3.63) is 65.0 Å². The van der Waals surface area contributed by atoms with E-state index in [4.69, 9.17) is 9.72 Å². The number of benzene rings is 2. The van der Waals surface area contributed by atoms with Crippen molar-refractivity contribution in [3.8, 4) is 17.0 Å². The molecule has 164 valence electrons. The van der Waals surface area contributed by atoms with Crippen LogP contribution in [0.1, 0.15) is 11.4 Å². The van der Waals surface area contributed by atoms with E-state index in [1.165, 1.54) is 0 Å². The summed E-state index contributed by atoms with van der Waals surface area (Å²) in [6.07, 6.45) is 1.05. The molecule has 0 spiro atoms. The highest BCUT2D eigenvalue weighted by atomic mass is 127. The number of nitrogens with zero attached hydrogens (tertiary/aromatic N) is 3. The minimum atomic E-state index is 0. The summed E-state index contributed by atoms with van der Waals surface area (Å²) in [6, 6.07) is 18.8. The number of aromatic nitrogens is 1. The highest BCUT2D eigenvalue weighted by Gasteiger charge is 2.25. The SMILES string of the molecule is CN=C(NCc1nc(-c2ccccc2)cs1)NC1CCN(c2ccccc2OC)C1.I. The lowest BCUT2D eigenvalue weighted by Gasteiger charge is -2.22. The van der Waals surface area contributed by atoms with E-state index in [2.05, 4.69) is 50.2 Å². The zero-order valence-corrected chi connectivity index (χ0v) is 20.9. The van der Waals surface area contributed by atoms with E-state index in [0.29, 0.717) is 12.6 Å². The van der Waals surface area contributed by atoms with Gasteiger partial charge in [-0.05, 0) is 18.6 Å². The fourth-order valence-corrected chi connectivity index (χ4v) is 4.41. The summed E-state index contributed by atoms with van der Waals surface area (Å²) in [4.78, 5) is 11.5. The van der Waals surface area contributed by atoms with Gasteiger partial charge in [-0.25, -0.2) is 4.98 Å². The largest absolute Gasteiger partial charge is 0.495 e. The molecule has 6 nitrogen and oxygen atoms in total.